The van der Waals surface area contributed by atoms with Gasteiger partial charge in [0.15, 0.2) is 12.1 Å². The fourth-order valence-corrected chi connectivity index (χ4v) is 7.98. The molecule has 17 heteroatoms. The van der Waals surface area contributed by atoms with Crippen LogP contribution in [0.15, 0.2) is 85.1 Å². The van der Waals surface area contributed by atoms with Crippen molar-refractivity contribution in [2.24, 2.45) is 23.5 Å². The van der Waals surface area contributed by atoms with Crippen molar-refractivity contribution in [2.75, 3.05) is 0 Å². The Morgan fingerprint density at radius 2 is 1.25 bits per heavy atom. The third-order valence-corrected chi connectivity index (χ3v) is 11.9. The number of rotatable bonds is 3. The van der Waals surface area contributed by atoms with Gasteiger partial charge in [0, 0.05) is 50.0 Å². The number of carboxylic acids is 1. The van der Waals surface area contributed by atoms with Crippen molar-refractivity contribution in [2.45, 2.75) is 177 Å². The Bertz CT molecular complexity index is 1620. The van der Waals surface area contributed by atoms with E-state index in [9.17, 15) is 60.7 Å². The molecular formula is C47H73NO16. The highest BCUT2D eigenvalue weighted by Gasteiger charge is 2.50. The van der Waals surface area contributed by atoms with Gasteiger partial charge >= 0.3 is 11.9 Å². The third-order valence-electron chi connectivity index (χ3n) is 11.9. The van der Waals surface area contributed by atoms with Crippen LogP contribution in [0.25, 0.3) is 0 Å². The van der Waals surface area contributed by atoms with E-state index in [1.807, 2.05) is 49.5 Å². The molecule has 2 bridgehead atoms. The first kappa shape index (κ1) is 54.9. The maximum atomic E-state index is 12.6. The predicted molar refractivity (Wildman–Crippen MR) is 236 cm³/mol. The van der Waals surface area contributed by atoms with E-state index in [0.717, 1.165) is 0 Å². The van der Waals surface area contributed by atoms with E-state index < -0.39 is 141 Å². The molecule has 0 aromatic carbocycles. The number of hydrogen-bond donors (Lipinski definition) is 11. The summed E-state index contributed by atoms with van der Waals surface area (Å²) in [5.41, 5.74) is 6.12. The number of hydrogen-bond acceptors (Lipinski definition) is 16. The van der Waals surface area contributed by atoms with Gasteiger partial charge in [-0.05, 0) is 33.1 Å². The number of aliphatic hydroxyl groups excluding tert-OH is 8. The number of ether oxygens (including phenoxy) is 4. The lowest BCUT2D eigenvalue weighted by molar-refractivity contribution is -0.304. The van der Waals surface area contributed by atoms with Crippen LogP contribution in [0.2, 0.25) is 0 Å². The molecule has 2 fully saturated rings. The van der Waals surface area contributed by atoms with Gasteiger partial charge in [0.25, 0.3) is 0 Å². The van der Waals surface area contributed by atoms with Crippen LogP contribution in [0.3, 0.4) is 0 Å². The number of aliphatic carboxylic acids is 1. The first-order valence-electron chi connectivity index (χ1n) is 22.2. The first-order valence-corrected chi connectivity index (χ1v) is 22.2. The van der Waals surface area contributed by atoms with Gasteiger partial charge in [0.1, 0.15) is 12.0 Å². The molecule has 3 aliphatic rings. The molecule has 362 valence electrons. The van der Waals surface area contributed by atoms with Crippen LogP contribution in [-0.4, -0.2) is 154 Å². The lowest BCUT2D eigenvalue weighted by Crippen LogP contribution is -2.56. The lowest BCUT2D eigenvalue weighted by atomic mass is 9.82. The molecule has 2 saturated heterocycles. The van der Waals surface area contributed by atoms with Crippen LogP contribution < -0.4 is 5.73 Å². The Hall–Kier alpha value is -3.40. The number of aliphatic hydroxyl groups is 9. The number of esters is 1. The van der Waals surface area contributed by atoms with E-state index in [-0.39, 0.29) is 38.0 Å². The van der Waals surface area contributed by atoms with Crippen LogP contribution in [0.1, 0.15) is 85.5 Å². The fourth-order valence-electron chi connectivity index (χ4n) is 7.98. The molecule has 64 heavy (non-hydrogen) atoms. The molecule has 3 aliphatic heterocycles. The number of carboxylic acid groups (broad SMARTS) is 1. The second kappa shape index (κ2) is 27.3. The van der Waals surface area contributed by atoms with E-state index >= 15 is 0 Å². The second-order valence-corrected chi connectivity index (χ2v) is 17.5. The van der Waals surface area contributed by atoms with Crippen molar-refractivity contribution in [3.63, 3.8) is 0 Å². The highest BCUT2D eigenvalue weighted by molar-refractivity contribution is 5.71. The summed E-state index contributed by atoms with van der Waals surface area (Å²) >= 11 is 0. The second-order valence-electron chi connectivity index (χ2n) is 17.5. The van der Waals surface area contributed by atoms with Gasteiger partial charge in [0.05, 0.1) is 73.6 Å². The number of cyclic esters (lactones) is 1. The summed E-state index contributed by atoms with van der Waals surface area (Å²) in [7, 11) is 0. The van der Waals surface area contributed by atoms with Gasteiger partial charge in [-0.2, -0.15) is 0 Å². The maximum absolute atomic E-state index is 12.6. The highest BCUT2D eigenvalue weighted by atomic mass is 16.7. The monoisotopic (exact) mass is 907 g/mol. The number of nitrogens with two attached hydrogens (primary N) is 1. The Labute approximate surface area is 376 Å². The van der Waals surface area contributed by atoms with E-state index in [0.29, 0.717) is 0 Å². The fraction of sp³-hybridized carbons (Fsp3) is 0.660. The molecule has 0 aromatic heterocycles. The average Bonchev–Trinajstić information content (AvgIpc) is 3.19. The van der Waals surface area contributed by atoms with Crippen molar-refractivity contribution in [1.29, 1.82) is 0 Å². The van der Waals surface area contributed by atoms with Crippen LogP contribution in [0.4, 0.5) is 0 Å². The molecule has 18 unspecified atom stereocenters. The minimum Gasteiger partial charge on any atom is -0.481 e. The van der Waals surface area contributed by atoms with Crippen molar-refractivity contribution >= 4 is 11.9 Å². The minimum absolute atomic E-state index is 0.0903. The van der Waals surface area contributed by atoms with Gasteiger partial charge < -0.3 is 75.7 Å². The van der Waals surface area contributed by atoms with E-state index in [4.69, 9.17) is 24.7 Å². The normalized spacial score (nSPS) is 41.3. The van der Waals surface area contributed by atoms with Crippen LogP contribution in [0.5, 0.6) is 0 Å². The largest absolute Gasteiger partial charge is 0.481 e. The highest BCUT2D eigenvalue weighted by Crippen LogP contribution is 2.38. The Kier molecular flexibility index (Phi) is 23.4. The Morgan fingerprint density at radius 1 is 0.672 bits per heavy atom. The Balaban J connectivity index is 1.84. The number of allylic oxidation sites excluding steroid dienone is 12. The summed E-state index contributed by atoms with van der Waals surface area (Å²) in [5, 5.41) is 107. The number of carbonyl (C=O) groups excluding carboxylic acids is 1. The molecule has 12 N–H and O–H groups in total. The molecule has 18 atom stereocenters. The SMILES string of the molecule is CC1C=CC=CC=CC=CC=CC=CC=CC(OC2CC(N)C(O)C(C)O2)CC2OC(O)(CC(O)CC(O)C(O)CCC(O)CC(O)CC(=O)OC(C)C(C)C1O)CC(O)C2C(=O)O. The molecule has 3 rings (SSSR count). The maximum Gasteiger partial charge on any atom is 0.311 e. The van der Waals surface area contributed by atoms with Crippen molar-refractivity contribution in [3.05, 3.63) is 85.1 Å². The van der Waals surface area contributed by atoms with Gasteiger partial charge in [-0.1, -0.05) is 98.9 Å². The first-order chi connectivity index (χ1) is 30.2. The zero-order chi connectivity index (χ0) is 47.6. The molecule has 17 nitrogen and oxygen atoms in total. The third kappa shape index (κ3) is 18.8. The topological polar surface area (TPSA) is 299 Å². The molecule has 0 saturated carbocycles. The standard InChI is InChI=1S/C47H73NO16/c1-28-17-15-13-11-9-7-5-6-8-10-12-14-16-18-35(63-42-25-36(48)45(57)31(4)62-42)24-40-43(46(58)59)39(54)27-47(60,64-40)26-34(51)22-38(53)37(52)20-19-32(49)21-33(50)23-41(55)61-30(3)29(2)44(28)56/h5-18,28-40,42-45,49-54,56-57,60H,19-27,48H2,1-4H3,(H,58,59). The van der Waals surface area contributed by atoms with E-state index in [1.54, 1.807) is 63.3 Å². The number of carbonyl (C=O) groups is 2. The van der Waals surface area contributed by atoms with Crippen molar-refractivity contribution < 1.29 is 79.6 Å². The minimum atomic E-state index is -2.27. The molecule has 3 heterocycles. The lowest BCUT2D eigenvalue weighted by Gasteiger charge is -2.45. The van der Waals surface area contributed by atoms with Gasteiger partial charge in [-0.25, -0.2) is 0 Å². The van der Waals surface area contributed by atoms with E-state index in [1.165, 1.54) is 0 Å². The number of fused-ring (bicyclic) bond motifs is 2. The summed E-state index contributed by atoms with van der Waals surface area (Å²) in [4.78, 5) is 25.1. The van der Waals surface area contributed by atoms with Gasteiger partial charge in [-0.15, -0.1) is 0 Å². The summed E-state index contributed by atoms with van der Waals surface area (Å²) < 4.78 is 23.5. The molecular weight excluding hydrogens is 835 g/mol. The average molecular weight is 908 g/mol. The van der Waals surface area contributed by atoms with Crippen molar-refractivity contribution in [3.8, 4) is 0 Å². The van der Waals surface area contributed by atoms with Crippen molar-refractivity contribution in [1.82, 2.24) is 0 Å². The van der Waals surface area contributed by atoms with Crippen LogP contribution >= 0.6 is 0 Å². The molecule has 0 radical (unpaired) electrons. The van der Waals surface area contributed by atoms with Crippen LogP contribution in [0, 0.1) is 17.8 Å². The predicted octanol–water partition coefficient (Wildman–Crippen LogP) is 1.74. The molecule has 0 amide bonds. The summed E-state index contributed by atoms with van der Waals surface area (Å²) in [6, 6.07) is -0.671. The summed E-state index contributed by atoms with van der Waals surface area (Å²) in [5.74, 6) is -6.62. The zero-order valence-electron chi connectivity index (χ0n) is 37.3. The molecule has 0 spiro atoms. The smallest absolute Gasteiger partial charge is 0.311 e. The summed E-state index contributed by atoms with van der Waals surface area (Å²) in [6.45, 7) is 6.87. The van der Waals surface area contributed by atoms with Gasteiger partial charge in [0.2, 0.25) is 0 Å². The summed E-state index contributed by atoms with van der Waals surface area (Å²) in [6.07, 6.45) is 7.24. The Morgan fingerprint density at radius 3 is 1.83 bits per heavy atom. The van der Waals surface area contributed by atoms with Gasteiger partial charge in [-0.3, -0.25) is 9.59 Å². The quantitative estimate of drug-likeness (QED) is 0.180. The zero-order valence-corrected chi connectivity index (χ0v) is 37.3. The molecule has 0 aliphatic carbocycles. The molecule has 0 aromatic rings. The van der Waals surface area contributed by atoms with E-state index in [2.05, 4.69) is 0 Å². The van der Waals surface area contributed by atoms with Crippen LogP contribution in [-0.2, 0) is 28.5 Å².